The Morgan fingerprint density at radius 2 is 1.91 bits per heavy atom. The molecular formula is C15H15Br2NO3S. The number of carbonyl (C=O) groups is 2. The Bertz CT molecular complexity index is 649. The van der Waals surface area contributed by atoms with Crippen molar-refractivity contribution >= 4 is 55.5 Å². The Labute approximate surface area is 149 Å². The van der Waals surface area contributed by atoms with Gasteiger partial charge in [0.2, 0.25) is 0 Å². The highest BCUT2D eigenvalue weighted by Crippen LogP contribution is 2.64. The molecule has 2 aliphatic heterocycles. The van der Waals surface area contributed by atoms with Crippen LogP contribution < -0.4 is 0 Å². The van der Waals surface area contributed by atoms with Crippen molar-refractivity contribution in [2.24, 2.45) is 0 Å². The van der Waals surface area contributed by atoms with Gasteiger partial charge in [0.15, 0.2) is 8.77 Å². The number of halogens is 2. The summed E-state index contributed by atoms with van der Waals surface area (Å²) in [4.78, 5) is 26.3. The lowest BCUT2D eigenvalue weighted by molar-refractivity contribution is -0.168. The number of alkyl halides is 2. The summed E-state index contributed by atoms with van der Waals surface area (Å²) in [5, 5.41) is 9.79. The van der Waals surface area contributed by atoms with Gasteiger partial charge in [0, 0.05) is 11.2 Å². The number of carbonyl (C=O) groups excluding carboxylic acids is 1. The Balaban J connectivity index is 2.10. The first-order valence-corrected chi connectivity index (χ1v) is 9.28. The number of aliphatic carboxylic acids is 1. The van der Waals surface area contributed by atoms with Crippen LogP contribution in [0.25, 0.3) is 0 Å². The van der Waals surface area contributed by atoms with Gasteiger partial charge in [-0.1, -0.05) is 62.2 Å². The van der Waals surface area contributed by atoms with Crippen molar-refractivity contribution in [2.45, 2.75) is 39.2 Å². The predicted molar refractivity (Wildman–Crippen MR) is 93.4 cm³/mol. The molecule has 0 spiro atoms. The molecule has 3 rings (SSSR count). The van der Waals surface area contributed by atoms with E-state index in [1.165, 1.54) is 16.7 Å². The SMILES string of the molecule is CC1(C)S[C@H]2N(C(=O)C2(Br)Br)[C@@]1(Cc1ccccc1)C(=O)O. The third kappa shape index (κ3) is 1.94. The van der Waals surface area contributed by atoms with Gasteiger partial charge in [-0.2, -0.15) is 0 Å². The second-order valence-corrected chi connectivity index (χ2v) is 11.4. The van der Waals surface area contributed by atoms with Gasteiger partial charge in [0.25, 0.3) is 5.91 Å². The van der Waals surface area contributed by atoms with Crippen molar-refractivity contribution in [2.75, 3.05) is 0 Å². The number of hydrogen-bond donors (Lipinski definition) is 1. The van der Waals surface area contributed by atoms with Gasteiger partial charge in [-0.3, -0.25) is 4.79 Å². The summed E-state index contributed by atoms with van der Waals surface area (Å²) in [6.45, 7) is 3.80. The topological polar surface area (TPSA) is 57.6 Å². The summed E-state index contributed by atoms with van der Waals surface area (Å²) in [6, 6.07) is 9.46. The van der Waals surface area contributed by atoms with E-state index in [0.717, 1.165) is 5.56 Å². The lowest BCUT2D eigenvalue weighted by Gasteiger charge is -2.51. The maximum Gasteiger partial charge on any atom is 0.331 e. The highest BCUT2D eigenvalue weighted by atomic mass is 79.9. The van der Waals surface area contributed by atoms with Crippen LogP contribution in [-0.4, -0.2) is 40.8 Å². The summed E-state index contributed by atoms with van der Waals surface area (Å²) in [5.74, 6) is -1.19. The molecule has 2 fully saturated rings. The number of β-lactam (4-membered cyclic amide) rings is 1. The molecule has 1 aromatic rings. The van der Waals surface area contributed by atoms with Crippen molar-refractivity contribution < 1.29 is 14.7 Å². The zero-order chi connectivity index (χ0) is 16.3. The molecule has 2 saturated heterocycles. The Hall–Kier alpha value is -0.530. The van der Waals surface area contributed by atoms with Gasteiger partial charge in [-0.15, -0.1) is 11.8 Å². The van der Waals surface area contributed by atoms with Crippen molar-refractivity contribution in [3.63, 3.8) is 0 Å². The van der Waals surface area contributed by atoms with Crippen LogP contribution in [0.3, 0.4) is 0 Å². The van der Waals surface area contributed by atoms with Gasteiger partial charge in [0.1, 0.15) is 5.37 Å². The number of benzene rings is 1. The average molecular weight is 449 g/mol. The first-order valence-electron chi connectivity index (χ1n) is 6.81. The smallest absolute Gasteiger partial charge is 0.331 e. The van der Waals surface area contributed by atoms with E-state index < -0.39 is 19.5 Å². The molecule has 2 atom stereocenters. The van der Waals surface area contributed by atoms with Crippen molar-refractivity contribution in [3.8, 4) is 0 Å². The average Bonchev–Trinajstić information content (AvgIpc) is 2.68. The van der Waals surface area contributed by atoms with E-state index >= 15 is 0 Å². The molecule has 118 valence electrons. The Morgan fingerprint density at radius 3 is 2.45 bits per heavy atom. The standard InChI is InChI=1S/C15H15Br2NO3S/c1-13(2)14(12(20)21,8-9-6-4-3-5-7-9)18-10(19)15(16,17)11(18)22-13/h3-7,11H,8H2,1-2H3,(H,20,21)/t11-,14+/m1/s1. The predicted octanol–water partition coefficient (Wildman–Crippen LogP) is 3.23. The molecule has 7 heteroatoms. The van der Waals surface area contributed by atoms with Crippen molar-refractivity contribution in [1.29, 1.82) is 0 Å². The molecule has 0 aliphatic carbocycles. The molecule has 22 heavy (non-hydrogen) atoms. The minimum atomic E-state index is -1.26. The Morgan fingerprint density at radius 1 is 1.32 bits per heavy atom. The number of fused-ring (bicyclic) bond motifs is 1. The number of nitrogens with zero attached hydrogens (tertiary/aromatic N) is 1. The van der Waals surface area contributed by atoms with Gasteiger partial charge >= 0.3 is 5.97 Å². The molecule has 0 bridgehead atoms. The quantitative estimate of drug-likeness (QED) is 0.569. The molecule has 1 amide bonds. The lowest BCUT2D eigenvalue weighted by Crippen LogP contribution is -2.74. The van der Waals surface area contributed by atoms with E-state index in [9.17, 15) is 14.7 Å². The highest BCUT2D eigenvalue weighted by Gasteiger charge is 2.76. The first kappa shape index (κ1) is 16.3. The summed E-state index contributed by atoms with van der Waals surface area (Å²) in [6.07, 6.45) is 0.293. The van der Waals surface area contributed by atoms with Gasteiger partial charge in [-0.25, -0.2) is 4.79 Å². The number of carboxylic acid groups (broad SMARTS) is 1. The van der Waals surface area contributed by atoms with Crippen molar-refractivity contribution in [3.05, 3.63) is 35.9 Å². The van der Waals surface area contributed by atoms with Crippen LogP contribution >= 0.6 is 43.6 Å². The molecule has 0 saturated carbocycles. The van der Waals surface area contributed by atoms with Gasteiger partial charge in [-0.05, 0) is 19.4 Å². The summed E-state index contributed by atoms with van der Waals surface area (Å²) in [5.41, 5.74) is -0.347. The second-order valence-electron chi connectivity index (χ2n) is 6.11. The third-order valence-electron chi connectivity index (χ3n) is 4.52. The number of rotatable bonds is 3. The number of hydrogen-bond acceptors (Lipinski definition) is 3. The zero-order valence-corrected chi connectivity index (χ0v) is 16.0. The molecule has 0 unspecified atom stereocenters. The largest absolute Gasteiger partial charge is 0.479 e. The van der Waals surface area contributed by atoms with E-state index in [-0.39, 0.29) is 11.3 Å². The fraction of sp³-hybridized carbons (Fsp3) is 0.467. The molecule has 1 aromatic carbocycles. The molecule has 2 heterocycles. The molecule has 0 radical (unpaired) electrons. The number of thioether (sulfide) groups is 1. The maximum atomic E-state index is 12.5. The third-order valence-corrected chi connectivity index (χ3v) is 8.39. The highest BCUT2D eigenvalue weighted by molar-refractivity contribution is 9.26. The minimum absolute atomic E-state index is 0.228. The second kappa shape index (κ2) is 4.98. The van der Waals surface area contributed by atoms with E-state index in [4.69, 9.17) is 0 Å². The summed E-state index contributed by atoms with van der Waals surface area (Å²) in [7, 11) is 0. The molecule has 4 nitrogen and oxygen atoms in total. The first-order chi connectivity index (χ1) is 10.1. The van der Waals surface area contributed by atoms with Crippen LogP contribution in [0, 0.1) is 0 Å². The van der Waals surface area contributed by atoms with Crippen LogP contribution in [0.5, 0.6) is 0 Å². The number of amides is 1. The lowest BCUT2D eigenvalue weighted by atomic mass is 9.77. The number of carboxylic acids is 1. The zero-order valence-electron chi connectivity index (χ0n) is 12.0. The Kier molecular flexibility index (Phi) is 3.70. The van der Waals surface area contributed by atoms with Crippen LogP contribution in [0.1, 0.15) is 19.4 Å². The van der Waals surface area contributed by atoms with Crippen molar-refractivity contribution in [1.82, 2.24) is 4.90 Å². The fourth-order valence-corrected chi connectivity index (χ4v) is 6.25. The van der Waals surface area contributed by atoms with Crippen LogP contribution in [0.2, 0.25) is 0 Å². The molecule has 0 aromatic heterocycles. The summed E-state index contributed by atoms with van der Waals surface area (Å²) >= 11 is 8.29. The van der Waals surface area contributed by atoms with E-state index in [1.54, 1.807) is 0 Å². The van der Waals surface area contributed by atoms with Crippen LogP contribution in [-0.2, 0) is 16.0 Å². The van der Waals surface area contributed by atoms with Crippen LogP contribution in [0.4, 0.5) is 0 Å². The van der Waals surface area contributed by atoms with E-state index in [2.05, 4.69) is 31.9 Å². The molecular weight excluding hydrogens is 434 g/mol. The normalized spacial score (nSPS) is 31.5. The minimum Gasteiger partial charge on any atom is -0.479 e. The van der Waals surface area contributed by atoms with Gasteiger partial charge in [0.05, 0.1) is 0 Å². The maximum absolute atomic E-state index is 12.5. The van der Waals surface area contributed by atoms with Gasteiger partial charge < -0.3 is 10.0 Å². The molecule has 2 aliphatic rings. The monoisotopic (exact) mass is 447 g/mol. The summed E-state index contributed by atoms with van der Waals surface area (Å²) < 4.78 is -1.48. The fourth-order valence-electron chi connectivity index (χ4n) is 3.26. The van der Waals surface area contributed by atoms with E-state index in [1.807, 2.05) is 44.2 Å². The molecule has 1 N–H and O–H groups in total. The van der Waals surface area contributed by atoms with Crippen LogP contribution in [0.15, 0.2) is 30.3 Å². The van der Waals surface area contributed by atoms with E-state index in [0.29, 0.717) is 6.42 Å².